The Morgan fingerprint density at radius 3 is 1.56 bits per heavy atom. The molecule has 1 spiro atoms. The molecule has 298 valence electrons. The Balaban J connectivity index is 0.982. The number of hydrogen-bond acceptors (Lipinski definition) is 5. The lowest BCUT2D eigenvalue weighted by Crippen LogP contribution is -2.32. The van der Waals surface area contributed by atoms with E-state index in [1.807, 2.05) is 48.2 Å². The van der Waals surface area contributed by atoms with Crippen molar-refractivity contribution in [3.63, 3.8) is 0 Å². The zero-order valence-corrected chi connectivity index (χ0v) is 35.3. The number of fused-ring (bicyclic) bond motifs is 12. The third-order valence-corrected chi connectivity index (χ3v) is 14.2. The lowest BCUT2D eigenvalue weighted by Gasteiger charge is -2.40. The quantitative estimate of drug-likeness (QED) is 0.162. The van der Waals surface area contributed by atoms with Crippen molar-refractivity contribution in [1.29, 1.82) is 0 Å². The van der Waals surface area contributed by atoms with Gasteiger partial charge in [-0.15, -0.1) is 0 Å². The molecule has 0 atom stereocenters. The maximum atomic E-state index is 5.53. The first kappa shape index (κ1) is 36.6. The summed E-state index contributed by atoms with van der Waals surface area (Å²) in [5, 5.41) is 3.50. The molecule has 64 heavy (non-hydrogen) atoms. The average molecular weight is 833 g/mol. The summed E-state index contributed by atoms with van der Waals surface area (Å²) in [6.45, 7) is 0. The van der Waals surface area contributed by atoms with Crippen molar-refractivity contribution in [2.75, 3.05) is 0 Å². The molecule has 1 aliphatic heterocycles. The van der Waals surface area contributed by atoms with Gasteiger partial charge in [-0.3, -0.25) is 9.97 Å². The molecular formula is C59H36N4S. The van der Waals surface area contributed by atoms with Crippen LogP contribution >= 0.6 is 11.8 Å². The molecule has 11 aromatic rings. The highest BCUT2D eigenvalue weighted by atomic mass is 32.2. The molecule has 0 saturated carbocycles. The summed E-state index contributed by atoms with van der Waals surface area (Å²) >= 11 is 1.88. The molecule has 4 nitrogen and oxygen atoms in total. The molecule has 0 saturated heterocycles. The third-order valence-electron chi connectivity index (χ3n) is 13.0. The van der Waals surface area contributed by atoms with E-state index in [0.717, 1.165) is 72.6 Å². The van der Waals surface area contributed by atoms with Crippen LogP contribution in [0.25, 0.3) is 89.1 Å². The fraction of sp³-hybridized carbons (Fsp3) is 0.0169. The van der Waals surface area contributed by atoms with Crippen molar-refractivity contribution in [1.82, 2.24) is 19.9 Å². The predicted molar refractivity (Wildman–Crippen MR) is 261 cm³/mol. The Morgan fingerprint density at radius 2 is 0.906 bits per heavy atom. The summed E-state index contributed by atoms with van der Waals surface area (Å²) in [7, 11) is 0. The van der Waals surface area contributed by atoms with Gasteiger partial charge in [-0.2, -0.15) is 0 Å². The van der Waals surface area contributed by atoms with Crippen LogP contribution in [-0.4, -0.2) is 19.9 Å². The van der Waals surface area contributed by atoms with E-state index in [2.05, 4.69) is 180 Å². The van der Waals surface area contributed by atoms with E-state index in [1.165, 1.54) is 48.6 Å². The predicted octanol–water partition coefficient (Wildman–Crippen LogP) is 14.7. The standard InChI is InChI=1S/C59H36N4S/c1-2-14-39(15-3-1)58-46-36-57-50(59(49-20-8-9-23-56(49)64-57)47-18-6-4-16-42(47)43-17-5-7-19-48(43)59)35-45(46)44-29-28-40(32-53(44)63-58)37-24-26-38(27-25-37)41-33-54(51-21-10-12-30-60-51)62-55(34-41)52-22-11-13-31-61-52/h1-36H. The minimum absolute atomic E-state index is 0.464. The highest BCUT2D eigenvalue weighted by Crippen LogP contribution is 2.62. The zero-order valence-electron chi connectivity index (χ0n) is 34.5. The van der Waals surface area contributed by atoms with Gasteiger partial charge in [0, 0.05) is 38.5 Å². The first-order chi connectivity index (χ1) is 31.7. The fourth-order valence-corrected chi connectivity index (χ4v) is 11.4. The molecule has 0 unspecified atom stereocenters. The van der Waals surface area contributed by atoms with Crippen LogP contribution in [0, 0.1) is 0 Å². The van der Waals surface area contributed by atoms with Gasteiger partial charge in [0.1, 0.15) is 0 Å². The Labute approximate surface area is 375 Å². The summed E-state index contributed by atoms with van der Waals surface area (Å²) < 4.78 is 0. The van der Waals surface area contributed by atoms with Crippen LogP contribution in [0.15, 0.2) is 228 Å². The lowest BCUT2D eigenvalue weighted by atomic mass is 9.67. The molecule has 0 bridgehead atoms. The molecule has 2 aliphatic rings. The zero-order chi connectivity index (χ0) is 42.2. The number of nitrogens with zero attached hydrogens (tertiary/aromatic N) is 4. The number of aromatic nitrogens is 4. The van der Waals surface area contributed by atoms with Gasteiger partial charge in [-0.1, -0.05) is 157 Å². The van der Waals surface area contributed by atoms with Crippen molar-refractivity contribution in [3.05, 3.63) is 241 Å². The van der Waals surface area contributed by atoms with E-state index in [-0.39, 0.29) is 0 Å². The van der Waals surface area contributed by atoms with Crippen LogP contribution in [0.1, 0.15) is 22.3 Å². The Kier molecular flexibility index (Phi) is 8.33. The Morgan fingerprint density at radius 1 is 0.328 bits per heavy atom. The van der Waals surface area contributed by atoms with Crippen LogP contribution in [0.3, 0.4) is 0 Å². The SMILES string of the molecule is c1ccc(-c2nc3cc(-c4ccc(-c5cc(-c6ccccn6)nc(-c6ccccn6)c5)cc4)ccc3c3cc4c(cc23)Sc2ccccc2C42c3ccccc3-c3ccccc32)cc1. The summed E-state index contributed by atoms with van der Waals surface area (Å²) in [6.07, 6.45) is 3.61. The van der Waals surface area contributed by atoms with Crippen molar-refractivity contribution < 1.29 is 0 Å². The molecule has 5 heteroatoms. The summed E-state index contributed by atoms with van der Waals surface area (Å²) in [5.41, 5.74) is 18.2. The first-order valence-corrected chi connectivity index (χ1v) is 22.4. The fourth-order valence-electron chi connectivity index (χ4n) is 10.2. The van der Waals surface area contributed by atoms with E-state index in [0.29, 0.717) is 0 Å². The average Bonchev–Trinajstić information content (AvgIpc) is 3.66. The lowest BCUT2D eigenvalue weighted by molar-refractivity contribution is 0.724. The second-order valence-electron chi connectivity index (χ2n) is 16.5. The molecule has 13 rings (SSSR count). The van der Waals surface area contributed by atoms with Gasteiger partial charge in [0.05, 0.1) is 39.4 Å². The smallest absolute Gasteiger partial charge is 0.0900 e. The molecule has 1 aliphatic carbocycles. The van der Waals surface area contributed by atoms with Crippen molar-refractivity contribution >= 4 is 33.4 Å². The van der Waals surface area contributed by atoms with Crippen LogP contribution in [0.4, 0.5) is 0 Å². The third kappa shape index (κ3) is 5.64. The summed E-state index contributed by atoms with van der Waals surface area (Å²) in [6, 6.07) is 74.3. The van der Waals surface area contributed by atoms with Crippen LogP contribution in [0.2, 0.25) is 0 Å². The second-order valence-corrected chi connectivity index (χ2v) is 17.6. The minimum atomic E-state index is -0.464. The Bertz CT molecular complexity index is 3520. The maximum absolute atomic E-state index is 5.53. The van der Waals surface area contributed by atoms with Gasteiger partial charge in [0.2, 0.25) is 0 Å². The summed E-state index contributed by atoms with van der Waals surface area (Å²) in [4.78, 5) is 22.3. The number of benzene rings is 7. The highest BCUT2D eigenvalue weighted by molar-refractivity contribution is 7.99. The molecular weight excluding hydrogens is 797 g/mol. The van der Waals surface area contributed by atoms with Gasteiger partial charge in [-0.05, 0) is 122 Å². The van der Waals surface area contributed by atoms with Gasteiger partial charge in [-0.25, -0.2) is 9.97 Å². The van der Waals surface area contributed by atoms with Crippen LogP contribution < -0.4 is 0 Å². The van der Waals surface area contributed by atoms with Gasteiger partial charge in [0.25, 0.3) is 0 Å². The maximum Gasteiger partial charge on any atom is 0.0900 e. The summed E-state index contributed by atoms with van der Waals surface area (Å²) in [5.74, 6) is 0. The van der Waals surface area contributed by atoms with E-state index in [9.17, 15) is 0 Å². The molecule has 0 amide bonds. The first-order valence-electron chi connectivity index (χ1n) is 21.6. The van der Waals surface area contributed by atoms with Gasteiger partial charge >= 0.3 is 0 Å². The molecule has 5 heterocycles. The molecule has 0 N–H and O–H groups in total. The monoisotopic (exact) mass is 832 g/mol. The topological polar surface area (TPSA) is 51.6 Å². The van der Waals surface area contributed by atoms with E-state index in [1.54, 1.807) is 12.4 Å². The van der Waals surface area contributed by atoms with E-state index in [4.69, 9.17) is 9.97 Å². The number of rotatable bonds is 5. The Hall–Kier alpha value is -7.99. The largest absolute Gasteiger partial charge is 0.255 e. The van der Waals surface area contributed by atoms with Crippen molar-refractivity contribution in [3.8, 4) is 67.4 Å². The van der Waals surface area contributed by atoms with Gasteiger partial charge < -0.3 is 0 Å². The van der Waals surface area contributed by atoms with Crippen molar-refractivity contribution in [2.24, 2.45) is 0 Å². The normalized spacial score (nSPS) is 13.1. The van der Waals surface area contributed by atoms with E-state index < -0.39 is 5.41 Å². The van der Waals surface area contributed by atoms with Crippen LogP contribution in [-0.2, 0) is 5.41 Å². The number of pyridine rings is 4. The van der Waals surface area contributed by atoms with Crippen molar-refractivity contribution in [2.45, 2.75) is 15.2 Å². The van der Waals surface area contributed by atoms with Gasteiger partial charge in [0.15, 0.2) is 0 Å². The minimum Gasteiger partial charge on any atom is -0.255 e. The molecule has 4 aromatic heterocycles. The molecule has 0 fully saturated rings. The highest BCUT2D eigenvalue weighted by Gasteiger charge is 2.50. The van der Waals surface area contributed by atoms with Crippen LogP contribution in [0.5, 0.6) is 0 Å². The molecule has 0 radical (unpaired) electrons. The van der Waals surface area contributed by atoms with E-state index >= 15 is 0 Å². The second kappa shape index (κ2) is 14.6. The molecule has 7 aromatic carbocycles. The number of hydrogen-bond donors (Lipinski definition) is 0.